The Labute approximate surface area is 151 Å². The van der Waals surface area contributed by atoms with Gasteiger partial charge < -0.3 is 19.7 Å². The van der Waals surface area contributed by atoms with Crippen molar-refractivity contribution in [3.05, 3.63) is 23.8 Å². The molecule has 0 saturated carbocycles. The molecular formula is C20H32N2O3. The van der Waals surface area contributed by atoms with Crippen LogP contribution in [0.3, 0.4) is 0 Å². The predicted molar refractivity (Wildman–Crippen MR) is 100 cm³/mol. The number of hydrogen-bond acceptors (Lipinski definition) is 4. The molecule has 5 heteroatoms. The highest BCUT2D eigenvalue weighted by Crippen LogP contribution is 2.28. The fourth-order valence-corrected chi connectivity index (χ4v) is 3.13. The smallest absolute Gasteiger partial charge is 0.220 e. The molecule has 0 bridgehead atoms. The molecule has 1 fully saturated rings. The van der Waals surface area contributed by atoms with Crippen LogP contribution in [0.15, 0.2) is 18.2 Å². The number of nitrogens with one attached hydrogen (secondary N) is 1. The van der Waals surface area contributed by atoms with Gasteiger partial charge in [-0.05, 0) is 76.9 Å². The summed E-state index contributed by atoms with van der Waals surface area (Å²) in [6.45, 7) is 9.41. The van der Waals surface area contributed by atoms with Crippen LogP contribution in [0.2, 0.25) is 0 Å². The number of hydrogen-bond donors (Lipinski definition) is 1. The summed E-state index contributed by atoms with van der Waals surface area (Å²) in [6, 6.07) is 5.92. The zero-order chi connectivity index (χ0) is 17.9. The van der Waals surface area contributed by atoms with E-state index in [2.05, 4.69) is 10.2 Å². The van der Waals surface area contributed by atoms with Crippen LogP contribution in [0.25, 0.3) is 0 Å². The van der Waals surface area contributed by atoms with Crippen molar-refractivity contribution in [2.24, 2.45) is 0 Å². The predicted octanol–water partition coefficient (Wildman–Crippen LogP) is 3.02. The zero-order valence-electron chi connectivity index (χ0n) is 15.7. The van der Waals surface area contributed by atoms with Gasteiger partial charge in [0.1, 0.15) is 0 Å². The fraction of sp³-hybridized carbons (Fsp3) is 0.650. The van der Waals surface area contributed by atoms with Crippen LogP contribution in [0.4, 0.5) is 0 Å². The number of aryl methyl sites for hydroxylation is 1. The molecule has 1 amide bonds. The molecule has 1 aliphatic rings. The Kier molecular flexibility index (Phi) is 8.60. The number of likely N-dealkylation sites (tertiary alicyclic amines) is 1. The van der Waals surface area contributed by atoms with Gasteiger partial charge >= 0.3 is 0 Å². The van der Waals surface area contributed by atoms with Crippen LogP contribution >= 0.6 is 0 Å². The first-order valence-electron chi connectivity index (χ1n) is 9.60. The van der Waals surface area contributed by atoms with Crippen molar-refractivity contribution in [2.45, 2.75) is 46.0 Å². The summed E-state index contributed by atoms with van der Waals surface area (Å²) in [5, 5.41) is 3.03. The first kappa shape index (κ1) is 19.6. The van der Waals surface area contributed by atoms with Crippen LogP contribution in [0, 0.1) is 0 Å². The number of nitrogens with zero attached hydrogens (tertiary/aromatic N) is 1. The minimum atomic E-state index is 0.119. The SMILES string of the molecule is CCOc1ccc(CCC(=O)NCCCN2CCCC2)cc1OCC. The second kappa shape index (κ2) is 11.0. The third-order valence-electron chi connectivity index (χ3n) is 4.42. The Balaban J connectivity index is 1.70. The number of carbonyl (C=O) groups excluding carboxylic acids is 1. The maximum Gasteiger partial charge on any atom is 0.220 e. The highest BCUT2D eigenvalue weighted by atomic mass is 16.5. The summed E-state index contributed by atoms with van der Waals surface area (Å²) in [5.41, 5.74) is 1.10. The van der Waals surface area contributed by atoms with Gasteiger partial charge in [-0.2, -0.15) is 0 Å². The van der Waals surface area contributed by atoms with Gasteiger partial charge in [-0.1, -0.05) is 6.07 Å². The molecule has 1 aromatic rings. The largest absolute Gasteiger partial charge is 0.490 e. The lowest BCUT2D eigenvalue weighted by atomic mass is 10.1. The van der Waals surface area contributed by atoms with E-state index in [4.69, 9.17) is 9.47 Å². The topological polar surface area (TPSA) is 50.8 Å². The second-order valence-electron chi connectivity index (χ2n) is 6.40. The average molecular weight is 348 g/mol. The van der Waals surface area contributed by atoms with Gasteiger partial charge in [-0.3, -0.25) is 4.79 Å². The third-order valence-corrected chi connectivity index (χ3v) is 4.42. The standard InChI is InChI=1S/C20H32N2O3/c1-3-24-18-10-8-17(16-19(18)25-4-2)9-11-20(23)21-12-7-15-22-13-5-6-14-22/h8,10,16H,3-7,9,11-15H2,1-2H3,(H,21,23). The van der Waals surface area contributed by atoms with Crippen molar-refractivity contribution >= 4 is 5.91 Å². The van der Waals surface area contributed by atoms with E-state index in [0.29, 0.717) is 26.1 Å². The number of benzene rings is 1. The maximum absolute atomic E-state index is 12.0. The Hall–Kier alpha value is -1.75. The molecule has 140 valence electrons. The minimum absolute atomic E-state index is 0.119. The highest BCUT2D eigenvalue weighted by Gasteiger charge is 2.11. The molecule has 5 nitrogen and oxygen atoms in total. The van der Waals surface area contributed by atoms with Crippen molar-refractivity contribution in [1.82, 2.24) is 10.2 Å². The first-order chi connectivity index (χ1) is 12.2. The quantitative estimate of drug-likeness (QED) is 0.625. The summed E-state index contributed by atoms with van der Waals surface area (Å²) >= 11 is 0. The molecule has 1 aromatic carbocycles. The van der Waals surface area contributed by atoms with Crippen molar-refractivity contribution in [2.75, 3.05) is 39.4 Å². The lowest BCUT2D eigenvalue weighted by molar-refractivity contribution is -0.121. The van der Waals surface area contributed by atoms with Crippen molar-refractivity contribution in [1.29, 1.82) is 0 Å². The molecule has 1 N–H and O–H groups in total. The summed E-state index contributed by atoms with van der Waals surface area (Å²) in [5.74, 6) is 1.64. The van der Waals surface area contributed by atoms with E-state index in [1.165, 1.54) is 25.9 Å². The third kappa shape index (κ3) is 6.94. The lowest BCUT2D eigenvalue weighted by Gasteiger charge is -2.14. The Bertz CT molecular complexity index is 528. The molecule has 25 heavy (non-hydrogen) atoms. The molecule has 0 unspecified atom stereocenters. The van der Waals surface area contributed by atoms with E-state index in [-0.39, 0.29) is 5.91 Å². The molecule has 0 radical (unpaired) electrons. The molecule has 2 rings (SSSR count). The van der Waals surface area contributed by atoms with Gasteiger partial charge in [0.15, 0.2) is 11.5 Å². The minimum Gasteiger partial charge on any atom is -0.490 e. The number of carbonyl (C=O) groups is 1. The summed E-state index contributed by atoms with van der Waals surface area (Å²) in [6.07, 6.45) is 4.88. The number of rotatable bonds is 11. The van der Waals surface area contributed by atoms with Gasteiger partial charge in [0.05, 0.1) is 13.2 Å². The molecule has 0 aromatic heterocycles. The second-order valence-corrected chi connectivity index (χ2v) is 6.40. The van der Waals surface area contributed by atoms with E-state index in [9.17, 15) is 4.79 Å². The Morgan fingerprint density at radius 2 is 1.84 bits per heavy atom. The molecule has 0 spiro atoms. The lowest BCUT2D eigenvalue weighted by Crippen LogP contribution is -2.28. The van der Waals surface area contributed by atoms with Gasteiger partial charge in [0.25, 0.3) is 0 Å². The Morgan fingerprint density at radius 3 is 2.56 bits per heavy atom. The first-order valence-corrected chi connectivity index (χ1v) is 9.60. The molecule has 0 atom stereocenters. The molecule has 1 saturated heterocycles. The fourth-order valence-electron chi connectivity index (χ4n) is 3.13. The number of amides is 1. The molecule has 1 heterocycles. The van der Waals surface area contributed by atoms with Gasteiger partial charge in [-0.25, -0.2) is 0 Å². The van der Waals surface area contributed by atoms with Crippen LogP contribution < -0.4 is 14.8 Å². The highest BCUT2D eigenvalue weighted by molar-refractivity contribution is 5.76. The maximum atomic E-state index is 12.0. The van der Waals surface area contributed by atoms with Gasteiger partial charge in [0.2, 0.25) is 5.91 Å². The number of ether oxygens (including phenoxy) is 2. The zero-order valence-corrected chi connectivity index (χ0v) is 15.7. The van der Waals surface area contributed by atoms with E-state index in [1.54, 1.807) is 0 Å². The normalized spacial score (nSPS) is 14.5. The summed E-state index contributed by atoms with van der Waals surface area (Å²) in [4.78, 5) is 14.5. The van der Waals surface area contributed by atoms with Crippen molar-refractivity contribution in [3.8, 4) is 11.5 Å². The van der Waals surface area contributed by atoms with E-state index < -0.39 is 0 Å². The summed E-state index contributed by atoms with van der Waals surface area (Å²) in [7, 11) is 0. The van der Waals surface area contributed by atoms with E-state index >= 15 is 0 Å². The molecule has 1 aliphatic heterocycles. The van der Waals surface area contributed by atoms with Crippen molar-refractivity contribution < 1.29 is 14.3 Å². The van der Waals surface area contributed by atoms with Crippen molar-refractivity contribution in [3.63, 3.8) is 0 Å². The van der Waals surface area contributed by atoms with Crippen LogP contribution in [0.1, 0.15) is 45.1 Å². The molecule has 0 aliphatic carbocycles. The van der Waals surface area contributed by atoms with Gasteiger partial charge in [-0.15, -0.1) is 0 Å². The van der Waals surface area contributed by atoms with E-state index in [1.807, 2.05) is 32.0 Å². The average Bonchev–Trinajstić information content (AvgIpc) is 3.13. The van der Waals surface area contributed by atoms with Gasteiger partial charge in [0, 0.05) is 13.0 Å². The van der Waals surface area contributed by atoms with Crippen LogP contribution in [-0.2, 0) is 11.2 Å². The van der Waals surface area contributed by atoms with Crippen LogP contribution in [0.5, 0.6) is 11.5 Å². The van der Waals surface area contributed by atoms with E-state index in [0.717, 1.165) is 36.6 Å². The monoisotopic (exact) mass is 348 g/mol. The Morgan fingerprint density at radius 1 is 1.12 bits per heavy atom. The summed E-state index contributed by atoms with van der Waals surface area (Å²) < 4.78 is 11.2. The molecular weight excluding hydrogens is 316 g/mol. The van der Waals surface area contributed by atoms with Crippen LogP contribution in [-0.4, -0.2) is 50.2 Å².